The summed E-state index contributed by atoms with van der Waals surface area (Å²) in [6.07, 6.45) is 2.57. The van der Waals surface area contributed by atoms with Gasteiger partial charge in [0.15, 0.2) is 5.75 Å². The summed E-state index contributed by atoms with van der Waals surface area (Å²) in [7, 11) is -3.52. The molecule has 34 heavy (non-hydrogen) atoms. The Balaban J connectivity index is 1.54. The van der Waals surface area contributed by atoms with Gasteiger partial charge in [-0.15, -0.1) is 0 Å². The van der Waals surface area contributed by atoms with Crippen molar-refractivity contribution < 1.29 is 55.0 Å². The number of alkyl halides is 2. The molecule has 0 saturated heterocycles. The van der Waals surface area contributed by atoms with Gasteiger partial charge in [0, 0.05) is 13.5 Å². The predicted molar refractivity (Wildman–Crippen MR) is 112 cm³/mol. The molecule has 0 spiro atoms. The number of esters is 2. The van der Waals surface area contributed by atoms with Crippen LogP contribution in [0.4, 0.5) is 8.78 Å². The van der Waals surface area contributed by atoms with Gasteiger partial charge in [-0.1, -0.05) is 0 Å². The third-order valence-electron chi connectivity index (χ3n) is 6.68. The van der Waals surface area contributed by atoms with Crippen molar-refractivity contribution in [1.82, 2.24) is 0 Å². The summed E-state index contributed by atoms with van der Waals surface area (Å²) < 4.78 is 84.7. The van der Waals surface area contributed by atoms with E-state index in [4.69, 9.17) is 28.2 Å². The third-order valence-corrected chi connectivity index (χ3v) is 7.40. The van der Waals surface area contributed by atoms with Gasteiger partial charge >= 0.3 is 17.9 Å². The minimum Gasteiger partial charge on any atom is -0.463 e. The molecular weight excluding hydrogens is 482 g/mol. The molecule has 0 amide bonds. The average molecular weight is 515 g/mol. The zero-order chi connectivity index (χ0) is 25.0. The zero-order valence-corrected chi connectivity index (χ0v) is 19.9. The summed E-state index contributed by atoms with van der Waals surface area (Å²) in [4.78, 5) is 25.2. The molecule has 2 atom stereocenters. The number of hydrogen-bond donors (Lipinski definition) is 1. The fourth-order valence-corrected chi connectivity index (χ4v) is 6.48. The Morgan fingerprint density at radius 1 is 0.971 bits per heavy atom. The lowest BCUT2D eigenvalue weighted by molar-refractivity contribution is -0.225. The molecule has 1 N–H and O–H groups in total. The van der Waals surface area contributed by atoms with E-state index in [1.807, 2.05) is 0 Å². The number of halogens is 2. The standard InChI is InChI=1S/C21H32F2O10S/c1-29-2-3-30-4-5-31-6-7-32-17(24)19-9-15-8-16(10-19)12-20(11-15,13-19)33-18(25)21(22,23)14-34(26,27)28/h15-16H,2-14H2,1H3,(H,26,27,28). The lowest BCUT2D eigenvalue weighted by Gasteiger charge is -2.59. The molecule has 10 nitrogen and oxygen atoms in total. The topological polar surface area (TPSA) is 135 Å². The van der Waals surface area contributed by atoms with Crippen LogP contribution < -0.4 is 0 Å². The third kappa shape index (κ3) is 6.84. The van der Waals surface area contributed by atoms with E-state index in [1.54, 1.807) is 7.11 Å². The molecule has 4 aliphatic carbocycles. The molecule has 4 saturated carbocycles. The second-order valence-corrected chi connectivity index (χ2v) is 11.1. The van der Waals surface area contributed by atoms with Crippen LogP contribution in [0.5, 0.6) is 0 Å². The van der Waals surface area contributed by atoms with E-state index in [-0.39, 0.29) is 31.5 Å². The number of rotatable bonds is 14. The molecule has 4 fully saturated rings. The molecule has 196 valence electrons. The number of ether oxygens (including phenoxy) is 5. The van der Waals surface area contributed by atoms with Crippen molar-refractivity contribution in [3.8, 4) is 0 Å². The molecular formula is C21H32F2O10S. The fourth-order valence-electron chi connectivity index (χ4n) is 5.91. The van der Waals surface area contributed by atoms with Gasteiger partial charge in [-0.2, -0.15) is 17.2 Å². The molecule has 4 rings (SSSR count). The molecule has 4 aliphatic rings. The number of methoxy groups -OCH3 is 1. The van der Waals surface area contributed by atoms with Crippen LogP contribution in [0.1, 0.15) is 38.5 Å². The van der Waals surface area contributed by atoms with Crippen LogP contribution in [0.3, 0.4) is 0 Å². The van der Waals surface area contributed by atoms with Crippen molar-refractivity contribution in [3.63, 3.8) is 0 Å². The highest BCUT2D eigenvalue weighted by Crippen LogP contribution is 2.63. The number of carbonyl (C=O) groups excluding carboxylic acids is 2. The smallest absolute Gasteiger partial charge is 0.378 e. The molecule has 0 aromatic rings. The van der Waals surface area contributed by atoms with Gasteiger partial charge in [0.25, 0.3) is 10.1 Å². The van der Waals surface area contributed by atoms with Gasteiger partial charge in [0.2, 0.25) is 0 Å². The van der Waals surface area contributed by atoms with Gasteiger partial charge in [-0.05, 0) is 43.9 Å². The summed E-state index contributed by atoms with van der Waals surface area (Å²) in [5.41, 5.74) is -2.22. The summed E-state index contributed by atoms with van der Waals surface area (Å²) >= 11 is 0. The molecule has 0 aliphatic heterocycles. The van der Waals surface area contributed by atoms with Crippen molar-refractivity contribution in [2.75, 3.05) is 52.5 Å². The van der Waals surface area contributed by atoms with Crippen LogP contribution in [0.25, 0.3) is 0 Å². The number of carbonyl (C=O) groups is 2. The summed E-state index contributed by atoms with van der Waals surface area (Å²) in [6.45, 7) is 1.83. The van der Waals surface area contributed by atoms with Crippen LogP contribution >= 0.6 is 0 Å². The van der Waals surface area contributed by atoms with Crippen molar-refractivity contribution in [2.24, 2.45) is 17.3 Å². The van der Waals surface area contributed by atoms with E-state index in [2.05, 4.69) is 0 Å². The Kier molecular flexibility index (Phi) is 8.54. The largest absolute Gasteiger partial charge is 0.463 e. The van der Waals surface area contributed by atoms with Crippen molar-refractivity contribution in [2.45, 2.75) is 50.0 Å². The van der Waals surface area contributed by atoms with Crippen molar-refractivity contribution >= 4 is 22.1 Å². The second kappa shape index (κ2) is 10.7. The first-order valence-corrected chi connectivity index (χ1v) is 12.9. The van der Waals surface area contributed by atoms with Gasteiger partial charge in [-0.3, -0.25) is 9.35 Å². The van der Waals surface area contributed by atoms with E-state index in [9.17, 15) is 26.8 Å². The van der Waals surface area contributed by atoms with Gasteiger partial charge < -0.3 is 23.7 Å². The lowest BCUT2D eigenvalue weighted by Crippen LogP contribution is -2.61. The quantitative estimate of drug-likeness (QED) is 0.207. The highest BCUT2D eigenvalue weighted by Gasteiger charge is 2.64. The highest BCUT2D eigenvalue weighted by molar-refractivity contribution is 7.85. The van der Waals surface area contributed by atoms with E-state index >= 15 is 0 Å². The summed E-state index contributed by atoms with van der Waals surface area (Å²) in [6, 6.07) is 0. The van der Waals surface area contributed by atoms with Crippen LogP contribution in [0, 0.1) is 17.3 Å². The molecule has 13 heteroatoms. The minimum atomic E-state index is -5.09. The van der Waals surface area contributed by atoms with Gasteiger partial charge in [-0.25, -0.2) is 4.79 Å². The maximum Gasteiger partial charge on any atom is 0.378 e. The van der Waals surface area contributed by atoms with E-state index < -0.39 is 44.7 Å². The van der Waals surface area contributed by atoms with Crippen molar-refractivity contribution in [1.29, 1.82) is 0 Å². The first-order chi connectivity index (χ1) is 15.9. The highest BCUT2D eigenvalue weighted by atomic mass is 32.2. The minimum absolute atomic E-state index is 0.0114. The van der Waals surface area contributed by atoms with Crippen molar-refractivity contribution in [3.05, 3.63) is 0 Å². The molecule has 0 aromatic heterocycles. The van der Waals surface area contributed by atoms with Crippen LogP contribution in [-0.2, 0) is 43.4 Å². The monoisotopic (exact) mass is 514 g/mol. The molecule has 4 bridgehead atoms. The first kappa shape index (κ1) is 27.2. The van der Waals surface area contributed by atoms with Crippen LogP contribution in [-0.4, -0.2) is 88.9 Å². The maximum atomic E-state index is 14.1. The van der Waals surface area contributed by atoms with E-state index in [1.165, 1.54) is 0 Å². The summed E-state index contributed by atoms with van der Waals surface area (Å²) in [5, 5.41) is 0. The average Bonchev–Trinajstić information content (AvgIpc) is 2.69. The maximum absolute atomic E-state index is 14.1. The van der Waals surface area contributed by atoms with Crippen LogP contribution in [0.15, 0.2) is 0 Å². The second-order valence-electron chi connectivity index (χ2n) is 9.60. The number of hydrogen-bond acceptors (Lipinski definition) is 9. The first-order valence-electron chi connectivity index (χ1n) is 11.3. The molecule has 0 heterocycles. The van der Waals surface area contributed by atoms with Gasteiger partial charge in [0.05, 0.1) is 38.4 Å². The Labute approximate surface area is 197 Å². The Morgan fingerprint density at radius 2 is 1.53 bits per heavy atom. The Bertz CT molecular complexity index is 832. The van der Waals surface area contributed by atoms with Crippen LogP contribution in [0.2, 0.25) is 0 Å². The molecule has 2 unspecified atom stereocenters. The lowest BCUT2D eigenvalue weighted by atomic mass is 9.48. The fraction of sp³-hybridized carbons (Fsp3) is 0.905. The predicted octanol–water partition coefficient (Wildman–Crippen LogP) is 1.61. The van der Waals surface area contributed by atoms with Gasteiger partial charge in [0.1, 0.15) is 12.2 Å². The Hall–Kier alpha value is -1.41. The Morgan fingerprint density at radius 3 is 2.09 bits per heavy atom. The van der Waals surface area contributed by atoms with E-state index in [0.717, 1.165) is 6.42 Å². The molecule has 0 radical (unpaired) electrons. The zero-order valence-electron chi connectivity index (χ0n) is 19.1. The van der Waals surface area contributed by atoms with E-state index in [0.29, 0.717) is 52.1 Å². The molecule has 0 aromatic carbocycles. The summed E-state index contributed by atoms with van der Waals surface area (Å²) in [5.74, 6) is -8.89. The normalized spacial score (nSPS) is 30.4. The SMILES string of the molecule is COCCOCCOCCOC(=O)C12CC3CC(CC(OC(=O)C(F)(F)CS(=O)(=O)O)(C3)C1)C2.